The van der Waals surface area contributed by atoms with Gasteiger partial charge >= 0.3 is 0 Å². The Morgan fingerprint density at radius 3 is 2.07 bits per heavy atom. The van der Waals surface area contributed by atoms with Crippen molar-refractivity contribution in [2.75, 3.05) is 20.2 Å². The summed E-state index contributed by atoms with van der Waals surface area (Å²) in [5.74, 6) is 0.922. The van der Waals surface area contributed by atoms with E-state index in [1.165, 1.54) is 5.56 Å². The standard InChI is InChI=1S/C13H21NO/c1-5-14(6-2)11(3)12-7-9-13(15-4)10-8-12/h7-11H,5-6H2,1-4H3. The molecule has 0 fully saturated rings. The van der Waals surface area contributed by atoms with Crippen molar-refractivity contribution in [2.45, 2.75) is 26.8 Å². The molecule has 0 bridgehead atoms. The molecule has 0 saturated carbocycles. The van der Waals surface area contributed by atoms with Crippen LogP contribution in [-0.4, -0.2) is 25.1 Å². The van der Waals surface area contributed by atoms with Gasteiger partial charge in [0.15, 0.2) is 0 Å². The van der Waals surface area contributed by atoms with Crippen LogP contribution in [0.1, 0.15) is 32.4 Å². The van der Waals surface area contributed by atoms with Crippen molar-refractivity contribution >= 4 is 0 Å². The molecule has 0 heterocycles. The van der Waals surface area contributed by atoms with Gasteiger partial charge in [0.25, 0.3) is 0 Å². The van der Waals surface area contributed by atoms with Crippen LogP contribution in [0, 0.1) is 0 Å². The van der Waals surface area contributed by atoms with Crippen molar-refractivity contribution in [3.63, 3.8) is 0 Å². The average molecular weight is 207 g/mol. The van der Waals surface area contributed by atoms with Gasteiger partial charge in [-0.25, -0.2) is 0 Å². The minimum absolute atomic E-state index is 0.478. The molecule has 0 aliphatic rings. The summed E-state index contributed by atoms with van der Waals surface area (Å²) in [6.07, 6.45) is 0. The lowest BCUT2D eigenvalue weighted by Gasteiger charge is -2.26. The number of ether oxygens (including phenoxy) is 1. The summed E-state index contributed by atoms with van der Waals surface area (Å²) in [6, 6.07) is 8.81. The van der Waals surface area contributed by atoms with Crippen LogP contribution in [0.5, 0.6) is 5.75 Å². The molecule has 2 heteroatoms. The van der Waals surface area contributed by atoms with Crippen molar-refractivity contribution in [1.29, 1.82) is 0 Å². The second kappa shape index (κ2) is 5.76. The molecule has 0 N–H and O–H groups in total. The van der Waals surface area contributed by atoms with Crippen LogP contribution in [0.15, 0.2) is 24.3 Å². The first-order chi connectivity index (χ1) is 7.22. The van der Waals surface area contributed by atoms with Gasteiger partial charge in [-0.1, -0.05) is 26.0 Å². The van der Waals surface area contributed by atoms with E-state index in [1.807, 2.05) is 12.1 Å². The molecule has 0 radical (unpaired) electrons. The predicted octanol–water partition coefficient (Wildman–Crippen LogP) is 3.10. The van der Waals surface area contributed by atoms with E-state index >= 15 is 0 Å². The highest BCUT2D eigenvalue weighted by atomic mass is 16.5. The molecule has 1 aromatic rings. The maximum atomic E-state index is 5.15. The SMILES string of the molecule is CCN(CC)C(C)c1ccc(OC)cc1. The molecular formula is C13H21NO. The van der Waals surface area contributed by atoms with Gasteiger partial charge in [-0.2, -0.15) is 0 Å². The molecule has 1 rings (SSSR count). The molecular weight excluding hydrogens is 186 g/mol. The Labute approximate surface area is 92.9 Å². The molecule has 15 heavy (non-hydrogen) atoms. The average Bonchev–Trinajstić information content (AvgIpc) is 2.30. The van der Waals surface area contributed by atoms with Gasteiger partial charge in [0.2, 0.25) is 0 Å². The fourth-order valence-electron chi connectivity index (χ4n) is 1.86. The molecule has 1 unspecified atom stereocenters. The summed E-state index contributed by atoms with van der Waals surface area (Å²) in [6.45, 7) is 8.81. The van der Waals surface area contributed by atoms with E-state index in [-0.39, 0.29) is 0 Å². The fraction of sp³-hybridized carbons (Fsp3) is 0.538. The van der Waals surface area contributed by atoms with Crippen LogP contribution < -0.4 is 4.74 Å². The molecule has 0 saturated heterocycles. The van der Waals surface area contributed by atoms with E-state index in [2.05, 4.69) is 37.8 Å². The van der Waals surface area contributed by atoms with E-state index in [0.717, 1.165) is 18.8 Å². The molecule has 84 valence electrons. The summed E-state index contributed by atoms with van der Waals surface area (Å²) in [4.78, 5) is 2.43. The maximum absolute atomic E-state index is 5.15. The van der Waals surface area contributed by atoms with Crippen molar-refractivity contribution in [3.05, 3.63) is 29.8 Å². The third-order valence-corrected chi connectivity index (χ3v) is 2.96. The highest BCUT2D eigenvalue weighted by molar-refractivity contribution is 5.28. The molecule has 0 aliphatic carbocycles. The van der Waals surface area contributed by atoms with Gasteiger partial charge in [0, 0.05) is 6.04 Å². The van der Waals surface area contributed by atoms with Crippen LogP contribution in [0.2, 0.25) is 0 Å². The first kappa shape index (κ1) is 12.1. The monoisotopic (exact) mass is 207 g/mol. The zero-order valence-corrected chi connectivity index (χ0v) is 10.2. The van der Waals surface area contributed by atoms with Crippen molar-refractivity contribution in [2.24, 2.45) is 0 Å². The minimum atomic E-state index is 0.478. The summed E-state index contributed by atoms with van der Waals surface area (Å²) in [5, 5.41) is 0. The highest BCUT2D eigenvalue weighted by Gasteiger charge is 2.11. The lowest BCUT2D eigenvalue weighted by atomic mass is 10.1. The second-order valence-electron chi connectivity index (χ2n) is 3.67. The van der Waals surface area contributed by atoms with Gasteiger partial charge in [0.05, 0.1) is 7.11 Å². The molecule has 0 aliphatic heterocycles. The quantitative estimate of drug-likeness (QED) is 0.735. The Kier molecular flexibility index (Phi) is 4.63. The summed E-state index contributed by atoms with van der Waals surface area (Å²) >= 11 is 0. The van der Waals surface area contributed by atoms with Crippen molar-refractivity contribution < 1.29 is 4.74 Å². The Balaban J connectivity index is 2.76. The number of nitrogens with zero attached hydrogens (tertiary/aromatic N) is 1. The van der Waals surface area contributed by atoms with Crippen molar-refractivity contribution in [1.82, 2.24) is 4.90 Å². The number of hydrogen-bond acceptors (Lipinski definition) is 2. The van der Waals surface area contributed by atoms with Gasteiger partial charge in [0.1, 0.15) is 5.75 Å². The zero-order valence-electron chi connectivity index (χ0n) is 10.2. The van der Waals surface area contributed by atoms with E-state index in [9.17, 15) is 0 Å². The van der Waals surface area contributed by atoms with E-state index < -0.39 is 0 Å². The van der Waals surface area contributed by atoms with Crippen LogP contribution in [0.25, 0.3) is 0 Å². The normalized spacial score (nSPS) is 12.9. The largest absolute Gasteiger partial charge is 0.497 e. The fourth-order valence-corrected chi connectivity index (χ4v) is 1.86. The maximum Gasteiger partial charge on any atom is 0.118 e. The van der Waals surface area contributed by atoms with Crippen LogP contribution >= 0.6 is 0 Å². The third-order valence-electron chi connectivity index (χ3n) is 2.96. The van der Waals surface area contributed by atoms with E-state index in [0.29, 0.717) is 6.04 Å². The molecule has 1 aromatic carbocycles. The minimum Gasteiger partial charge on any atom is -0.497 e. The van der Waals surface area contributed by atoms with Gasteiger partial charge in [-0.15, -0.1) is 0 Å². The predicted molar refractivity (Wildman–Crippen MR) is 64.3 cm³/mol. The van der Waals surface area contributed by atoms with Gasteiger partial charge in [-0.05, 0) is 37.7 Å². The van der Waals surface area contributed by atoms with Gasteiger partial charge < -0.3 is 4.74 Å². The molecule has 0 spiro atoms. The lowest BCUT2D eigenvalue weighted by Crippen LogP contribution is -2.26. The molecule has 2 nitrogen and oxygen atoms in total. The smallest absolute Gasteiger partial charge is 0.118 e. The Morgan fingerprint density at radius 1 is 1.13 bits per heavy atom. The first-order valence-corrected chi connectivity index (χ1v) is 5.60. The number of rotatable bonds is 5. The lowest BCUT2D eigenvalue weighted by molar-refractivity contribution is 0.234. The Hall–Kier alpha value is -1.02. The number of methoxy groups -OCH3 is 1. The summed E-state index contributed by atoms with van der Waals surface area (Å²) in [5.41, 5.74) is 1.35. The highest BCUT2D eigenvalue weighted by Crippen LogP contribution is 2.21. The van der Waals surface area contributed by atoms with E-state index in [4.69, 9.17) is 4.74 Å². The molecule has 1 atom stereocenters. The second-order valence-corrected chi connectivity index (χ2v) is 3.67. The zero-order chi connectivity index (χ0) is 11.3. The summed E-state index contributed by atoms with van der Waals surface area (Å²) in [7, 11) is 1.70. The van der Waals surface area contributed by atoms with Crippen LogP contribution in [-0.2, 0) is 0 Å². The Bertz CT molecular complexity index is 277. The van der Waals surface area contributed by atoms with Crippen molar-refractivity contribution in [3.8, 4) is 5.75 Å². The number of hydrogen-bond donors (Lipinski definition) is 0. The number of benzene rings is 1. The molecule has 0 amide bonds. The summed E-state index contributed by atoms with van der Waals surface area (Å²) < 4.78 is 5.15. The van der Waals surface area contributed by atoms with Crippen LogP contribution in [0.3, 0.4) is 0 Å². The molecule has 0 aromatic heterocycles. The van der Waals surface area contributed by atoms with Crippen LogP contribution in [0.4, 0.5) is 0 Å². The third kappa shape index (κ3) is 2.96. The van der Waals surface area contributed by atoms with Gasteiger partial charge in [-0.3, -0.25) is 4.90 Å². The first-order valence-electron chi connectivity index (χ1n) is 5.60. The van der Waals surface area contributed by atoms with E-state index in [1.54, 1.807) is 7.11 Å². The Morgan fingerprint density at radius 2 is 1.67 bits per heavy atom. The topological polar surface area (TPSA) is 12.5 Å².